The van der Waals surface area contributed by atoms with Crippen molar-refractivity contribution in [2.45, 2.75) is 0 Å². The number of amides is 1. The molecule has 6 heteroatoms. The van der Waals surface area contributed by atoms with Crippen LogP contribution in [-0.4, -0.2) is 17.1 Å². The van der Waals surface area contributed by atoms with E-state index in [1.165, 1.54) is 12.4 Å². The van der Waals surface area contributed by atoms with Gasteiger partial charge >= 0.3 is 0 Å². The molecule has 0 aliphatic carbocycles. The van der Waals surface area contributed by atoms with Gasteiger partial charge in [0.15, 0.2) is 0 Å². The highest BCUT2D eigenvalue weighted by Gasteiger charge is 2.02. The van der Waals surface area contributed by atoms with Crippen LogP contribution in [0.1, 0.15) is 15.9 Å². The molecule has 1 aromatic heterocycles. The van der Waals surface area contributed by atoms with Gasteiger partial charge in [-0.25, -0.2) is 5.43 Å². The van der Waals surface area contributed by atoms with Gasteiger partial charge in [-0.3, -0.25) is 9.78 Å². The molecule has 1 aromatic carbocycles. The zero-order chi connectivity index (χ0) is 13.7. The van der Waals surface area contributed by atoms with Crippen LogP contribution in [0.2, 0.25) is 10.0 Å². The van der Waals surface area contributed by atoms with Crippen molar-refractivity contribution >= 4 is 35.3 Å². The summed E-state index contributed by atoms with van der Waals surface area (Å²) in [6.45, 7) is 0. The Morgan fingerprint density at radius 1 is 1.26 bits per heavy atom. The van der Waals surface area contributed by atoms with Crippen molar-refractivity contribution in [1.29, 1.82) is 0 Å². The Morgan fingerprint density at radius 2 is 2.11 bits per heavy atom. The number of hydrogen-bond acceptors (Lipinski definition) is 3. The Kier molecular flexibility index (Phi) is 4.49. The van der Waals surface area contributed by atoms with Gasteiger partial charge in [0.25, 0.3) is 5.91 Å². The molecule has 2 rings (SSSR count). The number of benzene rings is 1. The lowest BCUT2D eigenvalue weighted by atomic mass is 10.2. The van der Waals surface area contributed by atoms with Gasteiger partial charge in [0.05, 0.1) is 21.8 Å². The quantitative estimate of drug-likeness (QED) is 0.698. The molecular weight excluding hydrogens is 285 g/mol. The number of rotatable bonds is 3. The molecule has 96 valence electrons. The molecule has 1 N–H and O–H groups in total. The SMILES string of the molecule is O=C(NN=Cc1ccc(Cl)c(Cl)c1)c1cccnc1. The van der Waals surface area contributed by atoms with Gasteiger partial charge in [-0.1, -0.05) is 29.3 Å². The first-order valence-electron chi connectivity index (χ1n) is 5.35. The lowest BCUT2D eigenvalue weighted by Gasteiger charge is -1.99. The Bertz CT molecular complexity index is 615. The molecule has 0 saturated heterocycles. The van der Waals surface area contributed by atoms with E-state index in [9.17, 15) is 4.79 Å². The standard InChI is InChI=1S/C13H9Cl2N3O/c14-11-4-3-9(6-12(11)15)7-17-18-13(19)10-2-1-5-16-8-10/h1-8H,(H,18,19). The minimum absolute atomic E-state index is 0.329. The summed E-state index contributed by atoms with van der Waals surface area (Å²) in [6, 6.07) is 8.39. The van der Waals surface area contributed by atoms with Gasteiger partial charge in [-0.05, 0) is 29.8 Å². The number of pyridine rings is 1. The van der Waals surface area contributed by atoms with E-state index in [2.05, 4.69) is 15.5 Å². The average Bonchev–Trinajstić information content (AvgIpc) is 2.43. The van der Waals surface area contributed by atoms with Crippen LogP contribution in [0.15, 0.2) is 47.8 Å². The van der Waals surface area contributed by atoms with Gasteiger partial charge in [0.2, 0.25) is 0 Å². The molecule has 1 amide bonds. The summed E-state index contributed by atoms with van der Waals surface area (Å²) in [5.41, 5.74) is 3.57. The minimum Gasteiger partial charge on any atom is -0.267 e. The fourth-order valence-corrected chi connectivity index (χ4v) is 1.63. The van der Waals surface area contributed by atoms with E-state index in [-0.39, 0.29) is 5.91 Å². The van der Waals surface area contributed by atoms with Crippen LogP contribution < -0.4 is 5.43 Å². The molecule has 0 radical (unpaired) electrons. The molecule has 0 atom stereocenters. The molecule has 0 spiro atoms. The Balaban J connectivity index is 2.00. The van der Waals surface area contributed by atoms with Crippen LogP contribution in [0, 0.1) is 0 Å². The average molecular weight is 294 g/mol. The van der Waals surface area contributed by atoms with Gasteiger partial charge in [-0.2, -0.15) is 5.10 Å². The van der Waals surface area contributed by atoms with Crippen molar-refractivity contribution in [3.8, 4) is 0 Å². The summed E-state index contributed by atoms with van der Waals surface area (Å²) < 4.78 is 0. The van der Waals surface area contributed by atoms with Gasteiger partial charge in [0, 0.05) is 12.4 Å². The third-order valence-corrected chi connectivity index (χ3v) is 2.99. The first kappa shape index (κ1) is 13.5. The first-order valence-corrected chi connectivity index (χ1v) is 6.11. The summed E-state index contributed by atoms with van der Waals surface area (Å²) in [7, 11) is 0. The monoisotopic (exact) mass is 293 g/mol. The van der Waals surface area contributed by atoms with Crippen molar-refractivity contribution in [1.82, 2.24) is 10.4 Å². The van der Waals surface area contributed by atoms with Crippen molar-refractivity contribution in [2.75, 3.05) is 0 Å². The van der Waals surface area contributed by atoms with E-state index in [1.54, 1.807) is 36.5 Å². The smallest absolute Gasteiger partial charge is 0.267 e. The summed E-state index contributed by atoms with van der Waals surface area (Å²) in [6.07, 6.45) is 4.54. The lowest BCUT2D eigenvalue weighted by molar-refractivity contribution is 0.0955. The number of halogens is 2. The van der Waals surface area contributed by atoms with E-state index in [4.69, 9.17) is 23.2 Å². The van der Waals surface area contributed by atoms with Crippen molar-refractivity contribution in [2.24, 2.45) is 5.10 Å². The maximum atomic E-state index is 11.6. The molecule has 0 aliphatic heterocycles. The van der Waals surface area contributed by atoms with Crippen molar-refractivity contribution in [3.63, 3.8) is 0 Å². The largest absolute Gasteiger partial charge is 0.272 e. The number of nitrogens with zero attached hydrogens (tertiary/aromatic N) is 2. The van der Waals surface area contributed by atoms with Gasteiger partial charge in [0.1, 0.15) is 0 Å². The summed E-state index contributed by atoms with van der Waals surface area (Å²) >= 11 is 11.7. The number of nitrogens with one attached hydrogen (secondary N) is 1. The fraction of sp³-hybridized carbons (Fsp3) is 0. The van der Waals surface area contributed by atoms with Crippen molar-refractivity contribution in [3.05, 3.63) is 63.9 Å². The molecule has 0 saturated carbocycles. The van der Waals surface area contributed by atoms with Crippen molar-refractivity contribution < 1.29 is 4.79 Å². The maximum absolute atomic E-state index is 11.6. The Hall–Kier alpha value is -1.91. The number of hydrogen-bond donors (Lipinski definition) is 1. The first-order chi connectivity index (χ1) is 9.16. The van der Waals surface area contributed by atoms with Crippen LogP contribution in [0.4, 0.5) is 0 Å². The molecule has 0 bridgehead atoms. The summed E-state index contributed by atoms with van der Waals surface area (Å²) in [5, 5.41) is 4.74. The molecular formula is C13H9Cl2N3O. The van der Waals surface area contributed by atoms with Crippen LogP contribution in [-0.2, 0) is 0 Å². The van der Waals surface area contributed by atoms with Crippen LogP contribution in [0.5, 0.6) is 0 Å². The molecule has 0 aliphatic rings. The third kappa shape index (κ3) is 3.77. The molecule has 1 heterocycles. The van der Waals surface area contributed by atoms with Crippen LogP contribution >= 0.6 is 23.2 Å². The van der Waals surface area contributed by atoms with E-state index in [1.807, 2.05) is 0 Å². The summed E-state index contributed by atoms with van der Waals surface area (Å²) in [4.78, 5) is 15.5. The predicted octanol–water partition coefficient (Wildman–Crippen LogP) is 3.15. The normalized spacial score (nSPS) is 10.6. The number of carbonyl (C=O) groups excluding carboxylic acids is 1. The Morgan fingerprint density at radius 3 is 2.79 bits per heavy atom. The zero-order valence-electron chi connectivity index (χ0n) is 9.68. The highest BCUT2D eigenvalue weighted by atomic mass is 35.5. The van der Waals surface area contributed by atoms with E-state index < -0.39 is 0 Å². The predicted molar refractivity (Wildman–Crippen MR) is 75.8 cm³/mol. The van der Waals surface area contributed by atoms with Crippen LogP contribution in [0.25, 0.3) is 0 Å². The number of aromatic nitrogens is 1. The fourth-order valence-electron chi connectivity index (χ4n) is 1.32. The van der Waals surface area contributed by atoms with E-state index in [0.29, 0.717) is 15.6 Å². The van der Waals surface area contributed by atoms with Gasteiger partial charge in [-0.15, -0.1) is 0 Å². The molecule has 2 aromatic rings. The third-order valence-electron chi connectivity index (χ3n) is 2.25. The molecule has 4 nitrogen and oxygen atoms in total. The van der Waals surface area contributed by atoms with Gasteiger partial charge < -0.3 is 0 Å². The number of carbonyl (C=O) groups is 1. The second-order valence-corrected chi connectivity index (χ2v) is 4.43. The Labute approximate surface area is 120 Å². The lowest BCUT2D eigenvalue weighted by Crippen LogP contribution is -2.17. The second-order valence-electron chi connectivity index (χ2n) is 3.61. The summed E-state index contributed by atoms with van der Waals surface area (Å²) in [5.74, 6) is -0.329. The zero-order valence-corrected chi connectivity index (χ0v) is 11.2. The van der Waals surface area contributed by atoms with E-state index >= 15 is 0 Å². The second kappa shape index (κ2) is 6.31. The molecule has 0 fully saturated rings. The number of hydrazone groups is 1. The topological polar surface area (TPSA) is 54.4 Å². The highest BCUT2D eigenvalue weighted by Crippen LogP contribution is 2.21. The minimum atomic E-state index is -0.329. The molecule has 19 heavy (non-hydrogen) atoms. The molecule has 0 unspecified atom stereocenters. The highest BCUT2D eigenvalue weighted by molar-refractivity contribution is 6.42. The van der Waals surface area contributed by atoms with E-state index in [0.717, 1.165) is 5.56 Å². The maximum Gasteiger partial charge on any atom is 0.272 e. The van der Waals surface area contributed by atoms with Crippen LogP contribution in [0.3, 0.4) is 0 Å².